The summed E-state index contributed by atoms with van der Waals surface area (Å²) in [6.07, 6.45) is 5.97. The predicted molar refractivity (Wildman–Crippen MR) is 129 cm³/mol. The molecule has 0 fully saturated rings. The van der Waals surface area contributed by atoms with Crippen LogP contribution in [0.3, 0.4) is 0 Å². The SMILES string of the molecule is C#CC(N)(c1nc(-c2cc(C)c(OC)cc2Cl)c(C)s1)[C@H](COC)c1ccc(C)c(F)c1. The van der Waals surface area contributed by atoms with Gasteiger partial charge in [0.15, 0.2) is 0 Å². The second-order valence-electron chi connectivity index (χ2n) is 7.76. The molecule has 3 rings (SSSR count). The van der Waals surface area contributed by atoms with Crippen LogP contribution in [-0.4, -0.2) is 25.8 Å². The van der Waals surface area contributed by atoms with E-state index < -0.39 is 11.5 Å². The molecule has 0 saturated carbocycles. The molecule has 168 valence electrons. The highest BCUT2D eigenvalue weighted by Crippen LogP contribution is 2.42. The van der Waals surface area contributed by atoms with Gasteiger partial charge >= 0.3 is 0 Å². The molecule has 1 aromatic heterocycles. The molecular formula is C25H26ClFN2O2S. The van der Waals surface area contributed by atoms with Gasteiger partial charge in [-0.25, -0.2) is 9.37 Å². The first-order valence-electron chi connectivity index (χ1n) is 10.00. The molecule has 4 nitrogen and oxygen atoms in total. The lowest BCUT2D eigenvalue weighted by Crippen LogP contribution is -2.43. The van der Waals surface area contributed by atoms with E-state index in [0.717, 1.165) is 16.0 Å². The Balaban J connectivity index is 2.13. The maximum Gasteiger partial charge on any atom is 0.139 e. The van der Waals surface area contributed by atoms with Crippen molar-refractivity contribution in [3.05, 3.63) is 67.7 Å². The van der Waals surface area contributed by atoms with Crippen molar-refractivity contribution in [2.24, 2.45) is 5.73 Å². The van der Waals surface area contributed by atoms with Gasteiger partial charge in [0, 0.05) is 23.5 Å². The van der Waals surface area contributed by atoms with E-state index in [-0.39, 0.29) is 12.4 Å². The molecule has 0 amide bonds. The lowest BCUT2D eigenvalue weighted by atomic mass is 9.81. The first-order valence-corrected chi connectivity index (χ1v) is 11.2. The minimum Gasteiger partial charge on any atom is -0.496 e. The summed E-state index contributed by atoms with van der Waals surface area (Å²) in [5.41, 5.74) is 9.11. The molecule has 0 aliphatic rings. The normalized spacial score (nSPS) is 14.0. The molecule has 0 radical (unpaired) electrons. The topological polar surface area (TPSA) is 57.4 Å². The van der Waals surface area contributed by atoms with Gasteiger partial charge in [0.25, 0.3) is 0 Å². The third-order valence-electron chi connectivity index (χ3n) is 5.61. The number of nitrogens with two attached hydrogens (primary N) is 1. The van der Waals surface area contributed by atoms with Crippen molar-refractivity contribution in [1.82, 2.24) is 4.98 Å². The Morgan fingerprint density at radius 3 is 2.53 bits per heavy atom. The van der Waals surface area contributed by atoms with Crippen molar-refractivity contribution >= 4 is 22.9 Å². The molecule has 0 aliphatic heterocycles. The number of methoxy groups -OCH3 is 2. The van der Waals surface area contributed by atoms with E-state index in [9.17, 15) is 4.39 Å². The molecule has 7 heteroatoms. The standard InChI is InChI=1S/C25H26ClFN2O2S/c1-7-25(28,19(13-30-5)17-9-8-14(2)21(27)11-17)24-29-23(16(4)32-24)18-10-15(3)22(31-6)12-20(18)26/h1,8-12,19H,13,28H2,2-6H3/t19-,25?/m1/s1. The molecule has 3 aromatic rings. The molecule has 32 heavy (non-hydrogen) atoms. The highest BCUT2D eigenvalue weighted by molar-refractivity contribution is 7.12. The minimum absolute atomic E-state index is 0.208. The minimum atomic E-state index is -1.31. The smallest absolute Gasteiger partial charge is 0.139 e. The fraction of sp³-hybridized carbons (Fsp3) is 0.320. The number of rotatable bonds is 7. The monoisotopic (exact) mass is 472 g/mol. The van der Waals surface area contributed by atoms with Crippen molar-refractivity contribution < 1.29 is 13.9 Å². The van der Waals surface area contributed by atoms with Crippen LogP contribution in [-0.2, 0) is 10.3 Å². The fourth-order valence-corrected chi connectivity index (χ4v) is 4.97. The van der Waals surface area contributed by atoms with E-state index in [2.05, 4.69) is 5.92 Å². The zero-order chi connectivity index (χ0) is 23.6. The van der Waals surface area contributed by atoms with Gasteiger partial charge < -0.3 is 15.2 Å². The number of aryl methyl sites for hydroxylation is 3. The average Bonchev–Trinajstić information content (AvgIpc) is 3.16. The Bertz CT molecular complexity index is 1190. The molecule has 0 saturated heterocycles. The van der Waals surface area contributed by atoms with Crippen LogP contribution < -0.4 is 10.5 Å². The van der Waals surface area contributed by atoms with Gasteiger partial charge in [-0.1, -0.05) is 29.7 Å². The third-order valence-corrected chi connectivity index (χ3v) is 7.04. The van der Waals surface area contributed by atoms with E-state index in [4.69, 9.17) is 38.2 Å². The van der Waals surface area contributed by atoms with Crippen molar-refractivity contribution in [3.8, 4) is 29.4 Å². The number of nitrogens with zero attached hydrogens (tertiary/aromatic N) is 1. The van der Waals surface area contributed by atoms with Gasteiger partial charge in [-0.2, -0.15) is 0 Å². The first kappa shape index (κ1) is 24.2. The molecule has 2 N–H and O–H groups in total. The van der Waals surface area contributed by atoms with Gasteiger partial charge in [0.1, 0.15) is 22.1 Å². The molecular weight excluding hydrogens is 447 g/mol. The van der Waals surface area contributed by atoms with E-state index >= 15 is 0 Å². The van der Waals surface area contributed by atoms with E-state index in [1.807, 2.05) is 26.0 Å². The van der Waals surface area contributed by atoms with Gasteiger partial charge in [-0.05, 0) is 55.7 Å². The van der Waals surface area contributed by atoms with Crippen molar-refractivity contribution in [2.45, 2.75) is 32.2 Å². The van der Waals surface area contributed by atoms with Crippen molar-refractivity contribution in [3.63, 3.8) is 0 Å². The van der Waals surface area contributed by atoms with E-state index in [1.165, 1.54) is 17.4 Å². The van der Waals surface area contributed by atoms with Gasteiger partial charge in [-0.15, -0.1) is 17.8 Å². The number of halogens is 2. The lowest BCUT2D eigenvalue weighted by Gasteiger charge is -2.31. The lowest BCUT2D eigenvalue weighted by molar-refractivity contribution is 0.157. The maximum atomic E-state index is 14.3. The Labute approximate surface area is 197 Å². The fourth-order valence-electron chi connectivity index (χ4n) is 3.68. The van der Waals surface area contributed by atoms with Crippen LogP contribution in [0, 0.1) is 38.9 Å². The van der Waals surface area contributed by atoms with Crippen molar-refractivity contribution in [1.29, 1.82) is 0 Å². The second kappa shape index (κ2) is 9.60. The summed E-state index contributed by atoms with van der Waals surface area (Å²) < 4.78 is 25.1. The summed E-state index contributed by atoms with van der Waals surface area (Å²) in [7, 11) is 3.16. The van der Waals surface area contributed by atoms with Gasteiger partial charge in [0.05, 0.1) is 24.4 Å². The van der Waals surface area contributed by atoms with Gasteiger partial charge in [0.2, 0.25) is 0 Å². The van der Waals surface area contributed by atoms with Gasteiger partial charge in [-0.3, -0.25) is 0 Å². The molecule has 1 heterocycles. The molecule has 0 aliphatic carbocycles. The number of terminal acetylenes is 1. The van der Waals surface area contributed by atoms with Crippen LogP contribution in [0.2, 0.25) is 5.02 Å². The maximum absolute atomic E-state index is 14.3. The average molecular weight is 473 g/mol. The number of thiazole rings is 1. The van der Waals surface area contributed by atoms with E-state index in [0.29, 0.717) is 32.6 Å². The molecule has 1 unspecified atom stereocenters. The highest BCUT2D eigenvalue weighted by atomic mass is 35.5. The summed E-state index contributed by atoms with van der Waals surface area (Å²) in [5.74, 6) is 2.60. The second-order valence-corrected chi connectivity index (χ2v) is 9.37. The predicted octanol–water partition coefficient (Wildman–Crippen LogP) is 5.75. The Hall–Kier alpha value is -2.43. The largest absolute Gasteiger partial charge is 0.496 e. The molecule has 2 atom stereocenters. The third kappa shape index (κ3) is 4.39. The van der Waals surface area contributed by atoms with Crippen LogP contribution in [0.1, 0.15) is 32.5 Å². The first-order chi connectivity index (χ1) is 15.2. The van der Waals surface area contributed by atoms with Crippen LogP contribution >= 0.6 is 22.9 Å². The Morgan fingerprint density at radius 1 is 1.22 bits per heavy atom. The highest BCUT2D eigenvalue weighted by Gasteiger charge is 2.40. The summed E-state index contributed by atoms with van der Waals surface area (Å²) in [6.45, 7) is 5.80. The van der Waals surface area contributed by atoms with Crippen LogP contribution in [0.15, 0.2) is 30.3 Å². The van der Waals surface area contributed by atoms with Crippen LogP contribution in [0.4, 0.5) is 4.39 Å². The molecule has 0 spiro atoms. The quantitative estimate of drug-likeness (QED) is 0.444. The number of benzene rings is 2. The zero-order valence-electron chi connectivity index (χ0n) is 18.8. The van der Waals surface area contributed by atoms with Crippen molar-refractivity contribution in [2.75, 3.05) is 20.8 Å². The molecule has 2 aromatic carbocycles. The number of hydrogen-bond acceptors (Lipinski definition) is 5. The molecule has 0 bridgehead atoms. The number of hydrogen-bond donors (Lipinski definition) is 1. The Kier molecular flexibility index (Phi) is 7.26. The van der Waals surface area contributed by atoms with Crippen LogP contribution in [0.25, 0.3) is 11.3 Å². The zero-order valence-corrected chi connectivity index (χ0v) is 20.3. The Morgan fingerprint density at radius 2 is 1.94 bits per heavy atom. The summed E-state index contributed by atoms with van der Waals surface area (Å²) in [6, 6.07) is 8.70. The summed E-state index contributed by atoms with van der Waals surface area (Å²) >= 11 is 7.94. The van der Waals surface area contributed by atoms with E-state index in [1.54, 1.807) is 33.3 Å². The number of aromatic nitrogens is 1. The van der Waals surface area contributed by atoms with Crippen LogP contribution in [0.5, 0.6) is 5.75 Å². The summed E-state index contributed by atoms with van der Waals surface area (Å²) in [4.78, 5) is 5.74. The summed E-state index contributed by atoms with van der Waals surface area (Å²) in [5, 5.41) is 1.06. The number of ether oxygens (including phenoxy) is 2.